The number of hydrogen-bond donors (Lipinski definition) is 0. The summed E-state index contributed by atoms with van der Waals surface area (Å²) in [6.07, 6.45) is 4.70. The molecule has 2 rings (SSSR count). The van der Waals surface area contributed by atoms with Crippen LogP contribution in [0.3, 0.4) is 0 Å². The normalized spacial score (nSPS) is 16.0. The second-order valence-electron chi connectivity index (χ2n) is 8.01. The topological polar surface area (TPSA) is 9.23 Å². The van der Waals surface area contributed by atoms with E-state index in [-0.39, 0.29) is 11.5 Å². The molecule has 2 aromatic rings. The third kappa shape index (κ3) is 5.35. The van der Waals surface area contributed by atoms with Gasteiger partial charge in [-0.05, 0) is 0 Å². The number of rotatable bonds is 7. The maximum absolute atomic E-state index is 6.01. The van der Waals surface area contributed by atoms with Crippen LogP contribution < -0.4 is 0 Å². The second kappa shape index (κ2) is 8.18. The third-order valence-electron chi connectivity index (χ3n) is 4.30. The van der Waals surface area contributed by atoms with Crippen LogP contribution in [-0.4, -0.2) is 20.4 Å². The molecule has 0 bridgehead atoms. The van der Waals surface area contributed by atoms with Crippen molar-refractivity contribution in [2.24, 2.45) is 5.41 Å². The van der Waals surface area contributed by atoms with Crippen molar-refractivity contribution in [2.75, 3.05) is 7.11 Å². The van der Waals surface area contributed by atoms with Crippen molar-refractivity contribution in [2.45, 2.75) is 35.5 Å². The fourth-order valence-electron chi connectivity index (χ4n) is 3.65. The predicted molar refractivity (Wildman–Crippen MR) is 108 cm³/mol. The van der Waals surface area contributed by atoms with Crippen LogP contribution >= 0.6 is 0 Å². The van der Waals surface area contributed by atoms with E-state index in [1.54, 1.807) is 0 Å². The van der Waals surface area contributed by atoms with Crippen molar-refractivity contribution in [3.63, 3.8) is 0 Å². The molecule has 0 heterocycles. The van der Waals surface area contributed by atoms with Crippen LogP contribution in [0, 0.1) is 5.41 Å². The van der Waals surface area contributed by atoms with Crippen molar-refractivity contribution in [1.29, 1.82) is 0 Å². The number of methoxy groups -OCH3 is 1. The van der Waals surface area contributed by atoms with Gasteiger partial charge in [0.05, 0.1) is 0 Å². The number of ether oxygens (including phenoxy) is 1. The van der Waals surface area contributed by atoms with E-state index in [0.717, 1.165) is 0 Å². The van der Waals surface area contributed by atoms with Gasteiger partial charge in [-0.1, -0.05) is 0 Å². The van der Waals surface area contributed by atoms with Gasteiger partial charge in [-0.25, -0.2) is 0 Å². The summed E-state index contributed by atoms with van der Waals surface area (Å²) in [5.74, 6) is 7.44. The van der Waals surface area contributed by atoms with Crippen LogP contribution in [0.2, 0.25) is 22.5 Å². The summed E-state index contributed by atoms with van der Waals surface area (Å²) in [7, 11) is 1.84. The Kier molecular flexibility index (Phi) is 6.48. The summed E-state index contributed by atoms with van der Waals surface area (Å²) in [6.45, 7) is 2.35. The van der Waals surface area contributed by atoms with Gasteiger partial charge in [-0.2, -0.15) is 0 Å². The van der Waals surface area contributed by atoms with Gasteiger partial charge in [0.15, 0.2) is 0 Å². The van der Waals surface area contributed by atoms with Gasteiger partial charge in [0.25, 0.3) is 0 Å². The average Bonchev–Trinajstić information content (AvgIpc) is 2.54. The molecule has 0 aliphatic rings. The van der Waals surface area contributed by atoms with E-state index in [1.165, 1.54) is 16.4 Å². The van der Waals surface area contributed by atoms with Gasteiger partial charge in [0.2, 0.25) is 0 Å². The zero-order valence-electron chi connectivity index (χ0n) is 15.6. The van der Waals surface area contributed by atoms with Crippen molar-refractivity contribution in [3.8, 4) is 0 Å². The summed E-state index contributed by atoms with van der Waals surface area (Å²) >= 11 is -1.79. The monoisotopic (exact) mass is 384 g/mol. The van der Waals surface area contributed by atoms with Gasteiger partial charge in [-0.15, -0.1) is 0 Å². The van der Waals surface area contributed by atoms with Crippen molar-refractivity contribution >= 4 is 19.3 Å². The van der Waals surface area contributed by atoms with E-state index >= 15 is 0 Å². The second-order valence-corrected chi connectivity index (χ2v) is 19.5. The molecular weight excluding hydrogens is 353 g/mol. The minimum absolute atomic E-state index is 0.00973. The van der Waals surface area contributed by atoms with Crippen LogP contribution in [-0.2, 0) is 4.74 Å². The molecule has 0 aliphatic carbocycles. The Hall–Kier alpha value is -1.32. The SMILES string of the molecule is CO[C@H](c1ccccc1)[C@@](C)(/C=C/c1ccccc1)[CH2][Ge]([CH3])([CH3])[CH3]. The van der Waals surface area contributed by atoms with Crippen LogP contribution in [0.25, 0.3) is 6.08 Å². The van der Waals surface area contributed by atoms with Crippen LogP contribution in [0.15, 0.2) is 66.7 Å². The summed E-state index contributed by atoms with van der Waals surface area (Å²) in [5, 5.41) is 1.23. The Morgan fingerprint density at radius 3 is 2.00 bits per heavy atom. The molecule has 0 aromatic heterocycles. The van der Waals surface area contributed by atoms with Gasteiger partial charge in [0, 0.05) is 0 Å². The summed E-state index contributed by atoms with van der Waals surface area (Å²) in [4.78, 5) is 0. The standard InChI is InChI=1S/C22H30GeO/c1-22(18-23(2,3)4,17-16-19-12-8-6-9-13-19)21(24-5)20-14-10-7-11-15-20/h6-17,21H,18H2,1-5H3/b17-16+/t21-,22+/m1/s1. The average molecular weight is 383 g/mol. The zero-order valence-corrected chi connectivity index (χ0v) is 17.7. The van der Waals surface area contributed by atoms with Gasteiger partial charge in [0.1, 0.15) is 0 Å². The summed E-state index contributed by atoms with van der Waals surface area (Å²) in [5.41, 5.74) is 2.49. The molecule has 0 N–H and O–H groups in total. The molecule has 0 amide bonds. The molecule has 2 aromatic carbocycles. The quantitative estimate of drug-likeness (QED) is 0.501. The van der Waals surface area contributed by atoms with E-state index in [4.69, 9.17) is 4.74 Å². The van der Waals surface area contributed by atoms with E-state index in [2.05, 4.69) is 97.0 Å². The molecule has 0 unspecified atom stereocenters. The third-order valence-corrected chi connectivity index (χ3v) is 8.13. The zero-order chi connectivity index (χ0) is 17.6. The first-order valence-corrected chi connectivity index (χ1v) is 16.4. The first kappa shape index (κ1) is 19.0. The predicted octanol–water partition coefficient (Wildman–Crippen LogP) is 6.43. The first-order valence-electron chi connectivity index (χ1n) is 8.66. The number of hydrogen-bond acceptors (Lipinski definition) is 1. The minimum atomic E-state index is -1.79. The molecule has 24 heavy (non-hydrogen) atoms. The number of benzene rings is 2. The van der Waals surface area contributed by atoms with Crippen molar-refractivity contribution in [3.05, 3.63) is 77.9 Å². The van der Waals surface area contributed by atoms with Crippen molar-refractivity contribution in [1.82, 2.24) is 0 Å². The molecule has 0 fully saturated rings. The summed E-state index contributed by atoms with van der Waals surface area (Å²) in [6, 6.07) is 21.2. The van der Waals surface area contributed by atoms with Crippen LogP contribution in [0.5, 0.6) is 0 Å². The van der Waals surface area contributed by atoms with Crippen LogP contribution in [0.4, 0.5) is 0 Å². The fourth-order valence-corrected chi connectivity index (χ4v) is 9.08. The molecule has 2 heteroatoms. The molecule has 0 saturated carbocycles. The maximum atomic E-state index is 6.01. The molecular formula is C22H30GeO. The molecule has 128 valence electrons. The Balaban J connectivity index is 2.40. The van der Waals surface area contributed by atoms with E-state index < -0.39 is 13.3 Å². The van der Waals surface area contributed by atoms with E-state index in [1.807, 2.05) is 7.11 Å². The Morgan fingerprint density at radius 1 is 0.958 bits per heavy atom. The molecule has 0 saturated heterocycles. The van der Waals surface area contributed by atoms with Gasteiger partial charge >= 0.3 is 150 Å². The Bertz CT molecular complexity index is 643. The molecule has 1 nitrogen and oxygen atoms in total. The molecule has 0 radical (unpaired) electrons. The van der Waals surface area contributed by atoms with Crippen LogP contribution in [0.1, 0.15) is 24.2 Å². The van der Waals surface area contributed by atoms with E-state index in [9.17, 15) is 0 Å². The first-order chi connectivity index (χ1) is 11.3. The van der Waals surface area contributed by atoms with E-state index in [0.29, 0.717) is 0 Å². The Labute approximate surface area is 150 Å². The van der Waals surface area contributed by atoms with Crippen molar-refractivity contribution < 1.29 is 4.74 Å². The Morgan fingerprint density at radius 2 is 1.50 bits per heavy atom. The molecule has 0 aliphatic heterocycles. The molecule has 2 atom stereocenters. The fraction of sp³-hybridized carbons (Fsp3) is 0.364. The summed E-state index contributed by atoms with van der Waals surface area (Å²) < 4.78 is 6.01. The van der Waals surface area contributed by atoms with Gasteiger partial charge in [-0.3, -0.25) is 0 Å². The molecule has 0 spiro atoms. The van der Waals surface area contributed by atoms with Gasteiger partial charge < -0.3 is 0 Å².